The Morgan fingerprint density at radius 1 is 1.11 bits per heavy atom. The summed E-state index contributed by atoms with van der Waals surface area (Å²) in [6, 6.07) is 10.1. The normalized spacial score (nSPS) is 19.3. The van der Waals surface area contributed by atoms with Crippen LogP contribution in [0.2, 0.25) is 0 Å². The Bertz CT molecular complexity index is 1900. The van der Waals surface area contributed by atoms with Crippen LogP contribution in [-0.4, -0.2) is 62.6 Å². The smallest absolute Gasteiger partial charge is 0.274 e. The molecule has 0 radical (unpaired) electrons. The van der Waals surface area contributed by atoms with Gasteiger partial charge in [0.2, 0.25) is 0 Å². The van der Waals surface area contributed by atoms with Crippen molar-refractivity contribution in [3.05, 3.63) is 79.0 Å². The summed E-state index contributed by atoms with van der Waals surface area (Å²) in [6.45, 7) is 9.00. The second-order valence-corrected chi connectivity index (χ2v) is 14.7. The van der Waals surface area contributed by atoms with E-state index in [1.54, 1.807) is 29.1 Å². The van der Waals surface area contributed by atoms with Crippen molar-refractivity contribution >= 4 is 34.4 Å². The second-order valence-electron chi connectivity index (χ2n) is 13.6. The van der Waals surface area contributed by atoms with Crippen LogP contribution in [0.3, 0.4) is 0 Å². The average molecular weight is 627 g/mol. The number of aryl methyl sites for hydroxylation is 1. The van der Waals surface area contributed by atoms with Crippen LogP contribution in [-0.2, 0) is 50.7 Å². The summed E-state index contributed by atoms with van der Waals surface area (Å²) in [5.74, 6) is 0.637. The fraction of sp³-hybridized carbons (Fsp3) is 0.441. The Kier molecular flexibility index (Phi) is 6.79. The van der Waals surface area contributed by atoms with Gasteiger partial charge in [0.1, 0.15) is 5.69 Å². The van der Waals surface area contributed by atoms with Crippen LogP contribution in [0.25, 0.3) is 11.1 Å². The summed E-state index contributed by atoms with van der Waals surface area (Å²) in [5, 5.41) is 18.7. The SMILES string of the molecule is Cn1cc(-c2cccc(N3CCc4c(sc5c4CC(C)(C)C5)C3=O)c2CO)cc(Nc2cc3n(n2)CCN(C2COC2)C3)c1=O. The lowest BCUT2D eigenvalue weighted by molar-refractivity contribution is -0.0735. The largest absolute Gasteiger partial charge is 0.392 e. The molecule has 1 aliphatic carbocycles. The zero-order valence-electron chi connectivity index (χ0n) is 25.9. The van der Waals surface area contributed by atoms with Crippen LogP contribution in [0.15, 0.2) is 41.3 Å². The highest BCUT2D eigenvalue weighted by molar-refractivity contribution is 7.14. The predicted molar refractivity (Wildman–Crippen MR) is 174 cm³/mol. The molecule has 3 aromatic heterocycles. The summed E-state index contributed by atoms with van der Waals surface area (Å²) in [4.78, 5) is 33.6. The van der Waals surface area contributed by atoms with Gasteiger partial charge in [-0.15, -0.1) is 11.3 Å². The number of hydrogen-bond donors (Lipinski definition) is 2. The zero-order valence-corrected chi connectivity index (χ0v) is 26.7. The lowest BCUT2D eigenvalue weighted by Gasteiger charge is -2.39. The molecular weight excluding hydrogens is 588 g/mol. The van der Waals surface area contributed by atoms with E-state index >= 15 is 0 Å². The van der Waals surface area contributed by atoms with Crippen molar-refractivity contribution in [3.63, 3.8) is 0 Å². The molecule has 8 rings (SSSR count). The summed E-state index contributed by atoms with van der Waals surface area (Å²) in [6.07, 6.45) is 4.64. The van der Waals surface area contributed by atoms with Crippen molar-refractivity contribution < 1.29 is 14.6 Å². The molecule has 11 heteroatoms. The number of carbonyl (C=O) groups is 1. The van der Waals surface area contributed by atoms with E-state index in [4.69, 9.17) is 9.84 Å². The number of aliphatic hydroxyl groups excluding tert-OH is 1. The number of ether oxygens (including phenoxy) is 1. The van der Waals surface area contributed by atoms with Gasteiger partial charge in [-0.25, -0.2) is 0 Å². The Morgan fingerprint density at radius 2 is 1.96 bits per heavy atom. The highest BCUT2D eigenvalue weighted by Crippen LogP contribution is 2.46. The highest BCUT2D eigenvalue weighted by atomic mass is 32.1. The number of fused-ring (bicyclic) bond motifs is 4. The Balaban J connectivity index is 1.09. The van der Waals surface area contributed by atoms with Gasteiger partial charge in [0.25, 0.3) is 11.5 Å². The molecule has 45 heavy (non-hydrogen) atoms. The molecule has 0 atom stereocenters. The van der Waals surface area contributed by atoms with E-state index in [2.05, 4.69) is 24.1 Å². The number of rotatable bonds is 6. The molecule has 6 heterocycles. The predicted octanol–water partition coefficient (Wildman–Crippen LogP) is 4.09. The quantitative estimate of drug-likeness (QED) is 0.332. The lowest BCUT2D eigenvalue weighted by Crippen LogP contribution is -2.51. The first-order valence-electron chi connectivity index (χ1n) is 15.7. The maximum Gasteiger partial charge on any atom is 0.274 e. The van der Waals surface area contributed by atoms with Gasteiger partial charge in [-0.3, -0.25) is 19.2 Å². The third-order valence-electron chi connectivity index (χ3n) is 9.84. The third kappa shape index (κ3) is 4.84. The van der Waals surface area contributed by atoms with Crippen molar-refractivity contribution in [2.75, 3.05) is 36.5 Å². The van der Waals surface area contributed by atoms with Crippen molar-refractivity contribution in [2.24, 2.45) is 12.5 Å². The molecule has 4 aliphatic rings. The van der Waals surface area contributed by atoms with E-state index in [0.29, 0.717) is 35.3 Å². The minimum Gasteiger partial charge on any atom is -0.392 e. The number of aliphatic hydroxyl groups is 1. The first-order valence-corrected chi connectivity index (χ1v) is 16.6. The van der Waals surface area contributed by atoms with Crippen molar-refractivity contribution in [2.45, 2.75) is 58.8 Å². The molecule has 4 aromatic rings. The maximum absolute atomic E-state index is 13.9. The molecule has 0 saturated carbocycles. The van der Waals surface area contributed by atoms with E-state index in [1.807, 2.05) is 39.9 Å². The van der Waals surface area contributed by atoms with Crippen LogP contribution in [0, 0.1) is 5.41 Å². The van der Waals surface area contributed by atoms with Gasteiger partial charge in [-0.05, 0) is 53.5 Å². The van der Waals surface area contributed by atoms with Crippen molar-refractivity contribution in [1.29, 1.82) is 0 Å². The highest BCUT2D eigenvalue weighted by Gasteiger charge is 2.38. The number of amides is 1. The number of thiophene rings is 1. The second kappa shape index (κ2) is 10.7. The van der Waals surface area contributed by atoms with Gasteiger partial charge in [-0.1, -0.05) is 26.0 Å². The Hall–Kier alpha value is -3.77. The summed E-state index contributed by atoms with van der Waals surface area (Å²) in [5.41, 5.74) is 7.13. The van der Waals surface area contributed by atoms with Gasteiger partial charge in [0.15, 0.2) is 5.82 Å². The Morgan fingerprint density at radius 3 is 2.73 bits per heavy atom. The molecule has 2 N–H and O–H groups in total. The molecule has 0 spiro atoms. The molecule has 1 fully saturated rings. The van der Waals surface area contributed by atoms with Crippen LogP contribution in [0.1, 0.15) is 50.8 Å². The van der Waals surface area contributed by atoms with Gasteiger partial charge in [0.05, 0.1) is 48.7 Å². The first-order chi connectivity index (χ1) is 21.7. The molecule has 10 nitrogen and oxygen atoms in total. The number of nitrogens with one attached hydrogen (secondary N) is 1. The zero-order chi connectivity index (χ0) is 31.0. The number of nitrogens with zero attached hydrogens (tertiary/aromatic N) is 5. The van der Waals surface area contributed by atoms with E-state index in [-0.39, 0.29) is 23.5 Å². The lowest BCUT2D eigenvalue weighted by atomic mass is 9.89. The molecule has 1 amide bonds. The first kappa shape index (κ1) is 28.7. The molecular formula is C34H38N6O4S. The van der Waals surface area contributed by atoms with Gasteiger partial charge < -0.3 is 24.6 Å². The molecule has 234 valence electrons. The molecule has 3 aliphatic heterocycles. The fourth-order valence-corrected chi connectivity index (χ4v) is 9.01. The minimum absolute atomic E-state index is 0.00951. The number of hydrogen-bond acceptors (Lipinski definition) is 8. The number of benzene rings is 1. The topological polar surface area (TPSA) is 105 Å². The van der Waals surface area contributed by atoms with E-state index in [9.17, 15) is 14.7 Å². The summed E-state index contributed by atoms with van der Waals surface area (Å²) in [7, 11) is 1.73. The minimum atomic E-state index is -0.237. The van der Waals surface area contributed by atoms with E-state index in [0.717, 1.165) is 73.8 Å². The summed E-state index contributed by atoms with van der Waals surface area (Å²) >= 11 is 1.65. The fourth-order valence-electron chi connectivity index (χ4n) is 7.43. The van der Waals surface area contributed by atoms with Gasteiger partial charge in [-0.2, -0.15) is 5.10 Å². The van der Waals surface area contributed by atoms with Crippen LogP contribution in [0.4, 0.5) is 17.2 Å². The van der Waals surface area contributed by atoms with E-state index in [1.165, 1.54) is 16.0 Å². The molecule has 1 saturated heterocycles. The Labute approximate surface area is 265 Å². The standard InChI is InChI=1S/C34H38N6O4S/c1-34(2)13-25-24-7-8-39(33(43)31(24)45-29(25)14-34)28-6-4-5-23(26(28)17-41)20-11-27(32(42)37(3)15-20)35-30-12-21-16-38(22-18-44-19-22)9-10-40(21)36-30/h4-6,11-12,15,22,41H,7-10,13-14,16-19H2,1-3H3,(H,35,36). The third-order valence-corrected chi connectivity index (χ3v) is 11.1. The van der Waals surface area contributed by atoms with Crippen molar-refractivity contribution in [1.82, 2.24) is 19.2 Å². The molecule has 0 unspecified atom stereocenters. The number of anilines is 3. The van der Waals surface area contributed by atoms with Crippen LogP contribution >= 0.6 is 11.3 Å². The summed E-state index contributed by atoms with van der Waals surface area (Å²) < 4.78 is 8.93. The monoisotopic (exact) mass is 626 g/mol. The van der Waals surface area contributed by atoms with Crippen molar-refractivity contribution in [3.8, 4) is 11.1 Å². The number of pyridine rings is 1. The number of aromatic nitrogens is 3. The van der Waals surface area contributed by atoms with Gasteiger partial charge >= 0.3 is 0 Å². The number of carbonyl (C=O) groups excluding carboxylic acids is 1. The maximum atomic E-state index is 13.9. The average Bonchev–Trinajstić information content (AvgIpc) is 3.63. The van der Waals surface area contributed by atoms with Gasteiger partial charge in [0, 0.05) is 54.9 Å². The van der Waals surface area contributed by atoms with Crippen LogP contribution in [0.5, 0.6) is 0 Å². The molecule has 1 aromatic carbocycles. The van der Waals surface area contributed by atoms with Crippen LogP contribution < -0.4 is 15.8 Å². The van der Waals surface area contributed by atoms with E-state index < -0.39 is 0 Å². The molecule has 0 bridgehead atoms.